The van der Waals surface area contributed by atoms with Crippen LogP contribution >= 0.6 is 20.8 Å². The largest absolute Gasteiger partial charge is 0.446 e. The molecule has 3 rings (SSSR count). The number of benzene rings is 1. The lowest BCUT2D eigenvalue weighted by molar-refractivity contribution is 0.199. The summed E-state index contributed by atoms with van der Waals surface area (Å²) < 4.78 is 23.2. The first-order chi connectivity index (χ1) is 14.7. The summed E-state index contributed by atoms with van der Waals surface area (Å²) in [5.41, 5.74) is 4.05. The molecule has 0 saturated heterocycles. The number of rotatable bonds is 7. The Hall–Kier alpha value is -1.38. The second-order valence-corrected chi connectivity index (χ2v) is 8.47. The molecule has 1 aliphatic heterocycles. The van der Waals surface area contributed by atoms with Crippen molar-refractivity contribution in [2.75, 3.05) is 6.51 Å². The molecule has 161 valence electrons. The number of nitrogens with one attached hydrogen (secondary N) is 1. The SMILES string of the molecule is [B]COP1OCc2cc(C)cc(C)c2O1.[B][C@H](CCn1cc(C)c(=S)[nH]c1=O)O[B]C. The van der Waals surface area contributed by atoms with Crippen LogP contribution in [0.15, 0.2) is 23.1 Å². The molecule has 0 aliphatic carbocycles. The maximum Gasteiger partial charge on any atom is 0.396 e. The van der Waals surface area contributed by atoms with Crippen LogP contribution in [0.5, 0.6) is 5.75 Å². The van der Waals surface area contributed by atoms with Gasteiger partial charge in [0.1, 0.15) is 26.1 Å². The maximum atomic E-state index is 11.5. The van der Waals surface area contributed by atoms with E-state index in [4.69, 9.17) is 46.1 Å². The van der Waals surface area contributed by atoms with Gasteiger partial charge in [-0.05, 0) is 32.8 Å². The highest BCUT2D eigenvalue weighted by atomic mass is 32.1. The zero-order chi connectivity index (χ0) is 23.0. The molecule has 0 amide bonds. The predicted octanol–water partition coefficient (Wildman–Crippen LogP) is 3.36. The zero-order valence-electron chi connectivity index (χ0n) is 18.2. The molecule has 0 bridgehead atoms. The van der Waals surface area contributed by atoms with Crippen molar-refractivity contribution in [3.63, 3.8) is 0 Å². The van der Waals surface area contributed by atoms with Crippen LogP contribution in [0.25, 0.3) is 0 Å². The van der Waals surface area contributed by atoms with E-state index in [1.54, 1.807) is 17.6 Å². The second kappa shape index (κ2) is 12.6. The number of fused-ring (bicyclic) bond motifs is 1. The van der Waals surface area contributed by atoms with Crippen molar-refractivity contribution in [3.8, 4) is 5.75 Å². The number of hydrogen-bond acceptors (Lipinski definition) is 6. The normalized spacial score (nSPS) is 15.8. The van der Waals surface area contributed by atoms with Gasteiger partial charge in [0, 0.05) is 36.4 Å². The summed E-state index contributed by atoms with van der Waals surface area (Å²) in [6.07, 6.45) is 2.29. The van der Waals surface area contributed by atoms with E-state index >= 15 is 0 Å². The molecule has 12 heteroatoms. The highest BCUT2D eigenvalue weighted by Crippen LogP contribution is 2.48. The van der Waals surface area contributed by atoms with E-state index in [0.29, 0.717) is 24.2 Å². The van der Waals surface area contributed by atoms with E-state index in [1.165, 1.54) is 13.0 Å². The molecule has 0 saturated carbocycles. The minimum atomic E-state index is -1.31. The molecule has 2 aromatic rings. The summed E-state index contributed by atoms with van der Waals surface area (Å²) in [7, 11) is 11.2. The van der Waals surface area contributed by atoms with Crippen LogP contribution < -0.4 is 10.2 Å². The zero-order valence-corrected chi connectivity index (χ0v) is 19.9. The van der Waals surface area contributed by atoms with Gasteiger partial charge in [0.25, 0.3) is 7.48 Å². The van der Waals surface area contributed by atoms with Crippen molar-refractivity contribution < 1.29 is 18.2 Å². The number of aromatic nitrogens is 2. The molecule has 7 nitrogen and oxygen atoms in total. The maximum absolute atomic E-state index is 11.5. The first kappa shape index (κ1) is 25.9. The van der Waals surface area contributed by atoms with Gasteiger partial charge in [0.15, 0.2) is 0 Å². The van der Waals surface area contributed by atoms with Crippen molar-refractivity contribution >= 4 is 44.0 Å². The Bertz CT molecular complexity index is 988. The summed E-state index contributed by atoms with van der Waals surface area (Å²) in [5.74, 6) is 0.881. The molecule has 0 spiro atoms. The highest BCUT2D eigenvalue weighted by Gasteiger charge is 2.24. The Morgan fingerprint density at radius 1 is 1.35 bits per heavy atom. The fourth-order valence-electron chi connectivity index (χ4n) is 2.92. The van der Waals surface area contributed by atoms with Gasteiger partial charge >= 0.3 is 14.3 Å². The van der Waals surface area contributed by atoms with E-state index in [-0.39, 0.29) is 18.2 Å². The molecule has 1 unspecified atom stereocenters. The fourth-order valence-corrected chi connectivity index (χ4v) is 4.02. The third-order valence-corrected chi connectivity index (χ3v) is 5.78. The smallest absolute Gasteiger partial charge is 0.396 e. The molecule has 1 aromatic heterocycles. The number of aryl methyl sites for hydroxylation is 4. The van der Waals surface area contributed by atoms with Crippen molar-refractivity contribution in [1.82, 2.24) is 9.55 Å². The van der Waals surface area contributed by atoms with E-state index < -0.39 is 8.60 Å². The lowest BCUT2D eigenvalue weighted by Crippen LogP contribution is -2.26. The molecule has 2 heterocycles. The van der Waals surface area contributed by atoms with Gasteiger partial charge in [-0.1, -0.05) is 36.7 Å². The van der Waals surface area contributed by atoms with Crippen LogP contribution in [0.3, 0.4) is 0 Å². The predicted molar refractivity (Wildman–Crippen MR) is 127 cm³/mol. The minimum Gasteiger partial charge on any atom is -0.446 e. The highest BCUT2D eigenvalue weighted by molar-refractivity contribution is 7.71. The van der Waals surface area contributed by atoms with Gasteiger partial charge in [-0.25, -0.2) is 4.79 Å². The average Bonchev–Trinajstić information content (AvgIpc) is 2.71. The third-order valence-electron chi connectivity index (χ3n) is 4.32. The summed E-state index contributed by atoms with van der Waals surface area (Å²) >= 11 is 4.95. The van der Waals surface area contributed by atoms with Crippen LogP contribution in [0.1, 0.15) is 28.7 Å². The van der Waals surface area contributed by atoms with Crippen LogP contribution in [-0.4, -0.2) is 45.2 Å². The fraction of sp³-hybridized carbons (Fsp3) is 0.474. The lowest BCUT2D eigenvalue weighted by atomic mass is 9.93. The van der Waals surface area contributed by atoms with Gasteiger partial charge in [-0.2, -0.15) is 0 Å². The summed E-state index contributed by atoms with van der Waals surface area (Å²) in [5, 5.41) is 0. The van der Waals surface area contributed by atoms with Gasteiger partial charge < -0.3 is 18.3 Å². The minimum absolute atomic E-state index is 0.117. The van der Waals surface area contributed by atoms with E-state index in [0.717, 1.165) is 22.4 Å². The molecule has 1 aromatic carbocycles. The van der Waals surface area contributed by atoms with E-state index in [2.05, 4.69) is 24.0 Å². The quantitative estimate of drug-likeness (QED) is 0.391. The Labute approximate surface area is 192 Å². The standard InChI is InChI=1S/C10H12BO3P.C9H13B2N2O2S/c1-7-3-8(2)10-9(4-7)5-12-15(14-10)13-6-11;1-6-5-13(9(14)12-8(6)16)4-3-7(10)15-11-2/h3-4H,5-6H2,1-2H3;5,7H,3-4H2,1-2H3,(H,12,14,16)/t;7-/m.0/s1. The topological polar surface area (TPSA) is 74.7 Å². The number of hydrogen-bond donors (Lipinski definition) is 1. The molecule has 1 aliphatic rings. The van der Waals surface area contributed by atoms with Crippen LogP contribution in [0.2, 0.25) is 6.82 Å². The monoisotopic (exact) mass is 457 g/mol. The summed E-state index contributed by atoms with van der Waals surface area (Å²) in [6, 6.07) is 3.76. The third kappa shape index (κ3) is 7.92. The van der Waals surface area contributed by atoms with Crippen molar-refractivity contribution in [1.29, 1.82) is 0 Å². The van der Waals surface area contributed by atoms with E-state index in [1.807, 2.05) is 13.8 Å². The van der Waals surface area contributed by atoms with Gasteiger partial charge in [0.05, 0.1) is 6.61 Å². The Balaban J connectivity index is 0.000000220. The summed E-state index contributed by atoms with van der Waals surface area (Å²) in [6.45, 7) is 8.84. The van der Waals surface area contributed by atoms with E-state index in [9.17, 15) is 4.79 Å². The first-order valence-corrected chi connectivity index (χ1v) is 11.3. The van der Waals surface area contributed by atoms with Crippen LogP contribution in [-0.2, 0) is 26.9 Å². The first-order valence-electron chi connectivity index (χ1n) is 9.78. The Kier molecular flexibility index (Phi) is 10.5. The van der Waals surface area contributed by atoms with Crippen molar-refractivity contribution in [2.24, 2.45) is 0 Å². The lowest BCUT2D eigenvalue weighted by Gasteiger charge is -2.25. The molecule has 2 atom stereocenters. The molecule has 0 fully saturated rings. The van der Waals surface area contributed by atoms with Gasteiger partial charge in [-0.3, -0.25) is 9.51 Å². The molecular formula is C19H25B3N2O5PS. The van der Waals surface area contributed by atoms with Crippen molar-refractivity contribution in [2.45, 2.75) is 53.2 Å². The number of H-pyrrole nitrogens is 1. The molecule has 1 N–H and O–H groups in total. The van der Waals surface area contributed by atoms with Crippen molar-refractivity contribution in [3.05, 3.63) is 55.7 Å². The number of nitrogens with zero attached hydrogens (tertiary/aromatic N) is 1. The summed E-state index contributed by atoms with van der Waals surface area (Å²) in [4.78, 5) is 14.1. The van der Waals surface area contributed by atoms with Gasteiger partial charge in [-0.15, -0.1) is 0 Å². The van der Waals surface area contributed by atoms with Crippen LogP contribution in [0, 0.1) is 25.4 Å². The Morgan fingerprint density at radius 3 is 2.77 bits per heavy atom. The molecular weight excluding hydrogens is 432 g/mol. The van der Waals surface area contributed by atoms with Crippen LogP contribution in [0.4, 0.5) is 0 Å². The number of aromatic amines is 1. The van der Waals surface area contributed by atoms with Gasteiger partial charge in [0.2, 0.25) is 0 Å². The average molecular weight is 457 g/mol. The molecule has 5 radical (unpaired) electrons. The molecule has 31 heavy (non-hydrogen) atoms. The Morgan fingerprint density at radius 2 is 2.10 bits per heavy atom. The second-order valence-electron chi connectivity index (χ2n) is 6.92.